The summed E-state index contributed by atoms with van der Waals surface area (Å²) < 4.78 is 5.93. The number of hydrogen-bond acceptors (Lipinski definition) is 5. The molecule has 0 saturated heterocycles. The highest BCUT2D eigenvalue weighted by molar-refractivity contribution is 5.77. The van der Waals surface area contributed by atoms with Crippen molar-refractivity contribution in [3.63, 3.8) is 0 Å². The maximum atomic E-state index is 13.2. The van der Waals surface area contributed by atoms with Crippen LogP contribution in [0.15, 0.2) is 72.9 Å². The number of aliphatic hydroxyl groups excluding tert-OH is 2. The van der Waals surface area contributed by atoms with Crippen LogP contribution in [0.4, 0.5) is 0 Å². The first kappa shape index (κ1) is 62.3. The standard InChI is InChI=1S/C59H105NO5/c1-4-7-10-13-16-19-22-25-27-29-30-33-36-39-42-45-48-51-57(62)56(54-61)60-58(63)53-55(50-47-44-41-38-35-32-24-21-18-15-12-9-6-3)65-59(64)52-49-46-43-40-37-34-31-28-26-23-20-17-14-11-8-5-2/h8-9,11-12,15,17-18,20-21,24,26,28,55-57,61-62H,4-7,10,13-14,16,19,22-23,25,27,29-54H2,1-3H3,(H,60,63)/b11-8+,12-9+,18-15+,20-17+,24-21+,28-26+. The van der Waals surface area contributed by atoms with Gasteiger partial charge in [0.2, 0.25) is 5.91 Å². The predicted octanol–water partition coefficient (Wildman–Crippen LogP) is 17.0. The summed E-state index contributed by atoms with van der Waals surface area (Å²) in [4.78, 5) is 26.2. The second-order valence-electron chi connectivity index (χ2n) is 18.6. The molecule has 1 amide bonds. The zero-order valence-electron chi connectivity index (χ0n) is 42.9. The van der Waals surface area contributed by atoms with Gasteiger partial charge in [0.05, 0.1) is 25.2 Å². The maximum Gasteiger partial charge on any atom is 0.306 e. The van der Waals surface area contributed by atoms with E-state index in [0.717, 1.165) is 109 Å². The Balaban J connectivity index is 4.55. The SMILES string of the molecule is CC/C=C/C=C/C=C/CCCCCCCC(CC(=O)NC(CO)C(O)CCCCCCCCCCCCCCCCCCC)OC(=O)CCCCCCCC/C=C/C/C=C/C/C=C/CC. The number of carbonyl (C=O) groups is 2. The largest absolute Gasteiger partial charge is 0.462 e. The second kappa shape index (κ2) is 52.3. The van der Waals surface area contributed by atoms with E-state index in [9.17, 15) is 19.8 Å². The lowest BCUT2D eigenvalue weighted by atomic mass is 10.0. The fourth-order valence-electron chi connectivity index (χ4n) is 8.21. The van der Waals surface area contributed by atoms with Crippen LogP contribution in [0.3, 0.4) is 0 Å². The molecular weight excluding hydrogens is 803 g/mol. The smallest absolute Gasteiger partial charge is 0.306 e. The van der Waals surface area contributed by atoms with E-state index in [1.54, 1.807) is 0 Å². The van der Waals surface area contributed by atoms with E-state index in [0.29, 0.717) is 19.3 Å². The molecule has 65 heavy (non-hydrogen) atoms. The Morgan fingerprint density at radius 2 is 0.908 bits per heavy atom. The normalized spacial score (nSPS) is 13.7. The van der Waals surface area contributed by atoms with Crippen LogP contribution in [-0.4, -0.2) is 46.9 Å². The number of aliphatic hydroxyl groups is 2. The van der Waals surface area contributed by atoms with E-state index in [2.05, 4.69) is 99.0 Å². The molecule has 6 nitrogen and oxygen atoms in total. The Hall–Kier alpha value is -2.70. The van der Waals surface area contributed by atoms with Gasteiger partial charge in [0.25, 0.3) is 0 Å². The van der Waals surface area contributed by atoms with Crippen molar-refractivity contribution >= 4 is 11.9 Å². The monoisotopic (exact) mass is 908 g/mol. The number of esters is 1. The Morgan fingerprint density at radius 1 is 0.477 bits per heavy atom. The van der Waals surface area contributed by atoms with Crippen molar-refractivity contribution in [2.24, 2.45) is 0 Å². The summed E-state index contributed by atoms with van der Waals surface area (Å²) >= 11 is 0. The third-order valence-electron chi connectivity index (χ3n) is 12.3. The number of unbranched alkanes of at least 4 members (excludes halogenated alkanes) is 27. The number of ether oxygens (including phenoxy) is 1. The number of hydrogen-bond donors (Lipinski definition) is 3. The van der Waals surface area contributed by atoms with Crippen LogP contribution in [0.2, 0.25) is 0 Å². The predicted molar refractivity (Wildman–Crippen MR) is 282 cm³/mol. The van der Waals surface area contributed by atoms with Crippen LogP contribution in [0, 0.1) is 0 Å². The maximum absolute atomic E-state index is 13.2. The van der Waals surface area contributed by atoms with Gasteiger partial charge in [-0.05, 0) is 77.0 Å². The molecule has 0 bridgehead atoms. The van der Waals surface area contributed by atoms with Crippen LogP contribution < -0.4 is 5.32 Å². The highest BCUT2D eigenvalue weighted by Gasteiger charge is 2.24. The van der Waals surface area contributed by atoms with Crippen molar-refractivity contribution in [3.05, 3.63) is 72.9 Å². The first-order valence-electron chi connectivity index (χ1n) is 27.7. The van der Waals surface area contributed by atoms with Crippen molar-refractivity contribution < 1.29 is 24.5 Å². The minimum Gasteiger partial charge on any atom is -0.462 e. The van der Waals surface area contributed by atoms with Gasteiger partial charge in [0.15, 0.2) is 0 Å². The van der Waals surface area contributed by atoms with E-state index < -0.39 is 18.2 Å². The zero-order valence-corrected chi connectivity index (χ0v) is 42.9. The van der Waals surface area contributed by atoms with Gasteiger partial charge in [-0.3, -0.25) is 9.59 Å². The second-order valence-corrected chi connectivity index (χ2v) is 18.6. The fraction of sp³-hybridized carbons (Fsp3) is 0.763. The molecule has 0 radical (unpaired) electrons. The van der Waals surface area contributed by atoms with Crippen molar-refractivity contribution in [2.45, 2.75) is 283 Å². The fourth-order valence-corrected chi connectivity index (χ4v) is 8.21. The summed E-state index contributed by atoms with van der Waals surface area (Å²) in [6, 6.07) is -0.714. The van der Waals surface area contributed by atoms with Crippen molar-refractivity contribution in [3.8, 4) is 0 Å². The summed E-state index contributed by atoms with van der Waals surface area (Å²) in [7, 11) is 0. The van der Waals surface area contributed by atoms with Gasteiger partial charge in [-0.25, -0.2) is 0 Å². The molecule has 0 aromatic heterocycles. The minimum absolute atomic E-state index is 0.0564. The molecule has 0 aliphatic rings. The Labute approximate surface area is 402 Å². The molecule has 0 aliphatic heterocycles. The van der Waals surface area contributed by atoms with Crippen LogP contribution in [0.1, 0.15) is 265 Å². The zero-order chi connectivity index (χ0) is 47.4. The average molecular weight is 908 g/mol. The van der Waals surface area contributed by atoms with E-state index in [-0.39, 0.29) is 24.9 Å². The molecule has 3 N–H and O–H groups in total. The summed E-state index contributed by atoms with van der Waals surface area (Å²) in [6.45, 7) is 6.25. The third-order valence-corrected chi connectivity index (χ3v) is 12.3. The molecule has 3 unspecified atom stereocenters. The van der Waals surface area contributed by atoms with Gasteiger partial charge >= 0.3 is 5.97 Å². The van der Waals surface area contributed by atoms with Crippen LogP contribution in [-0.2, 0) is 14.3 Å². The molecule has 3 atom stereocenters. The molecule has 0 rings (SSSR count). The molecular formula is C59H105NO5. The van der Waals surface area contributed by atoms with Crippen LogP contribution >= 0.6 is 0 Å². The highest BCUT2D eigenvalue weighted by atomic mass is 16.5. The van der Waals surface area contributed by atoms with Gasteiger partial charge < -0.3 is 20.3 Å². The van der Waals surface area contributed by atoms with Crippen molar-refractivity contribution in [1.29, 1.82) is 0 Å². The third kappa shape index (κ3) is 47.6. The number of carbonyl (C=O) groups excluding carboxylic acids is 2. The van der Waals surface area contributed by atoms with Crippen molar-refractivity contribution in [1.82, 2.24) is 5.32 Å². The minimum atomic E-state index is -0.799. The lowest BCUT2D eigenvalue weighted by molar-refractivity contribution is -0.151. The molecule has 376 valence electrons. The van der Waals surface area contributed by atoms with E-state index in [1.807, 2.05) is 0 Å². The topological polar surface area (TPSA) is 95.9 Å². The van der Waals surface area contributed by atoms with Gasteiger partial charge in [0, 0.05) is 6.42 Å². The Bertz CT molecular complexity index is 1200. The quantitative estimate of drug-likeness (QED) is 0.0245. The lowest BCUT2D eigenvalue weighted by Crippen LogP contribution is -2.46. The highest BCUT2D eigenvalue weighted by Crippen LogP contribution is 2.18. The Morgan fingerprint density at radius 3 is 1.43 bits per heavy atom. The summed E-state index contributed by atoms with van der Waals surface area (Å²) in [6.07, 6.45) is 66.8. The molecule has 0 fully saturated rings. The summed E-state index contributed by atoms with van der Waals surface area (Å²) in [5.74, 6) is -0.507. The summed E-state index contributed by atoms with van der Waals surface area (Å²) in [5.41, 5.74) is 0. The van der Waals surface area contributed by atoms with Crippen LogP contribution in [0.5, 0.6) is 0 Å². The molecule has 0 aromatic carbocycles. The first-order valence-corrected chi connectivity index (χ1v) is 27.7. The molecule has 0 spiro atoms. The number of rotatable bonds is 49. The van der Waals surface area contributed by atoms with E-state index >= 15 is 0 Å². The van der Waals surface area contributed by atoms with Gasteiger partial charge in [-0.1, -0.05) is 248 Å². The molecule has 6 heteroatoms. The van der Waals surface area contributed by atoms with Gasteiger partial charge in [-0.15, -0.1) is 0 Å². The number of allylic oxidation sites excluding steroid dienone is 12. The summed E-state index contributed by atoms with van der Waals surface area (Å²) in [5, 5.41) is 23.9. The molecule has 0 heterocycles. The Kier molecular flexibility index (Phi) is 50.1. The average Bonchev–Trinajstić information content (AvgIpc) is 3.30. The first-order chi connectivity index (χ1) is 32.0. The van der Waals surface area contributed by atoms with E-state index in [4.69, 9.17) is 4.74 Å². The number of amides is 1. The molecule has 0 aromatic rings. The van der Waals surface area contributed by atoms with Gasteiger partial charge in [0.1, 0.15) is 6.10 Å². The lowest BCUT2D eigenvalue weighted by Gasteiger charge is -2.24. The molecule has 0 aliphatic carbocycles. The van der Waals surface area contributed by atoms with Crippen molar-refractivity contribution in [2.75, 3.05) is 6.61 Å². The van der Waals surface area contributed by atoms with Gasteiger partial charge in [-0.2, -0.15) is 0 Å². The molecule has 0 saturated carbocycles. The van der Waals surface area contributed by atoms with E-state index in [1.165, 1.54) is 109 Å². The number of nitrogens with one attached hydrogen (secondary N) is 1. The van der Waals surface area contributed by atoms with Crippen LogP contribution in [0.25, 0.3) is 0 Å².